The number of anilines is 1. The Bertz CT molecular complexity index is 969. The number of methoxy groups -OCH3 is 1. The fraction of sp³-hybridized carbons (Fsp3) is 0.375. The fourth-order valence-electron chi connectivity index (χ4n) is 3.74. The lowest BCUT2D eigenvalue weighted by Gasteiger charge is -2.37. The lowest BCUT2D eigenvalue weighted by atomic mass is 9.92. The average Bonchev–Trinajstić information content (AvgIpc) is 2.77. The minimum Gasteiger partial charge on any atom is -0.497 e. The van der Waals surface area contributed by atoms with Crippen LogP contribution in [0, 0.1) is 0 Å². The number of rotatable bonds is 6. The molecule has 0 radical (unpaired) electrons. The molecule has 1 N–H and O–H groups in total. The molecule has 1 unspecified atom stereocenters. The van der Waals surface area contributed by atoms with E-state index in [1.807, 2.05) is 25.1 Å². The van der Waals surface area contributed by atoms with E-state index in [9.17, 15) is 14.4 Å². The van der Waals surface area contributed by atoms with Gasteiger partial charge in [-0.1, -0.05) is 13.0 Å². The highest BCUT2D eigenvalue weighted by Crippen LogP contribution is 2.29. The van der Waals surface area contributed by atoms with Gasteiger partial charge < -0.3 is 19.9 Å². The van der Waals surface area contributed by atoms with Crippen molar-refractivity contribution in [2.75, 3.05) is 26.5 Å². The molecule has 1 heterocycles. The first-order chi connectivity index (χ1) is 14.8. The van der Waals surface area contributed by atoms with Crippen LogP contribution >= 0.6 is 0 Å². The van der Waals surface area contributed by atoms with Crippen LogP contribution in [-0.4, -0.2) is 54.8 Å². The van der Waals surface area contributed by atoms with Crippen molar-refractivity contribution < 1.29 is 19.1 Å². The lowest BCUT2D eigenvalue weighted by molar-refractivity contribution is -0.134. The summed E-state index contributed by atoms with van der Waals surface area (Å²) in [5, 5.41) is 2.90. The van der Waals surface area contributed by atoms with Crippen LogP contribution in [0.4, 0.5) is 5.69 Å². The molecule has 31 heavy (non-hydrogen) atoms. The standard InChI is InChI=1S/C24H29N3O4/c1-5-6-22(28)25-19-10-7-17-14-21(24(30)26(2)3)27(15-18(17)13-19)23(29)16-8-11-20(31-4)12-9-16/h7-13,21H,5-6,14-15H2,1-4H3,(H,25,28). The van der Waals surface area contributed by atoms with Gasteiger partial charge in [0.1, 0.15) is 11.8 Å². The Balaban J connectivity index is 1.92. The second-order valence-corrected chi connectivity index (χ2v) is 7.90. The Morgan fingerprint density at radius 3 is 2.42 bits per heavy atom. The number of carbonyl (C=O) groups excluding carboxylic acids is 3. The average molecular weight is 424 g/mol. The van der Waals surface area contributed by atoms with Gasteiger partial charge in [0, 0.05) is 44.7 Å². The number of likely N-dealkylation sites (N-methyl/N-ethyl adjacent to an activating group) is 1. The Kier molecular flexibility index (Phi) is 6.95. The Labute approximate surface area is 183 Å². The first-order valence-electron chi connectivity index (χ1n) is 10.4. The molecule has 1 aliphatic heterocycles. The molecule has 1 atom stereocenters. The van der Waals surface area contributed by atoms with E-state index in [0.29, 0.717) is 36.4 Å². The summed E-state index contributed by atoms with van der Waals surface area (Å²) in [6.07, 6.45) is 1.66. The molecule has 0 saturated carbocycles. The number of fused-ring (bicyclic) bond motifs is 1. The van der Waals surface area contributed by atoms with Crippen molar-refractivity contribution in [2.45, 2.75) is 38.8 Å². The van der Waals surface area contributed by atoms with Gasteiger partial charge in [0.05, 0.1) is 7.11 Å². The molecule has 1 aliphatic rings. The van der Waals surface area contributed by atoms with Crippen molar-refractivity contribution in [1.82, 2.24) is 9.80 Å². The van der Waals surface area contributed by atoms with E-state index in [1.54, 1.807) is 50.4 Å². The van der Waals surface area contributed by atoms with E-state index in [0.717, 1.165) is 17.5 Å². The van der Waals surface area contributed by atoms with Crippen LogP contribution in [0.2, 0.25) is 0 Å². The molecule has 0 aromatic heterocycles. The van der Waals surface area contributed by atoms with Gasteiger partial charge in [-0.25, -0.2) is 0 Å². The van der Waals surface area contributed by atoms with Crippen LogP contribution in [0.15, 0.2) is 42.5 Å². The van der Waals surface area contributed by atoms with Gasteiger partial charge >= 0.3 is 0 Å². The van der Waals surface area contributed by atoms with E-state index in [2.05, 4.69) is 5.32 Å². The quantitative estimate of drug-likeness (QED) is 0.774. The van der Waals surface area contributed by atoms with Gasteiger partial charge in [0.25, 0.3) is 5.91 Å². The molecule has 0 fully saturated rings. The summed E-state index contributed by atoms with van der Waals surface area (Å²) in [5.74, 6) is 0.292. The third-order valence-corrected chi connectivity index (χ3v) is 5.42. The molecule has 3 amide bonds. The van der Waals surface area contributed by atoms with Gasteiger partial charge in [-0.05, 0) is 53.9 Å². The van der Waals surface area contributed by atoms with Crippen molar-refractivity contribution in [2.24, 2.45) is 0 Å². The normalized spacial score (nSPS) is 15.1. The maximum atomic E-state index is 13.3. The molecule has 7 heteroatoms. The molecule has 0 bridgehead atoms. The molecule has 2 aromatic rings. The van der Waals surface area contributed by atoms with E-state index in [1.165, 1.54) is 4.90 Å². The van der Waals surface area contributed by atoms with Crippen molar-refractivity contribution in [3.05, 3.63) is 59.2 Å². The minimum absolute atomic E-state index is 0.0370. The maximum absolute atomic E-state index is 13.3. The van der Waals surface area contributed by atoms with Crippen molar-refractivity contribution >= 4 is 23.4 Å². The molecule has 2 aromatic carbocycles. The van der Waals surface area contributed by atoms with Gasteiger partial charge in [-0.2, -0.15) is 0 Å². The SMILES string of the molecule is CCCC(=O)Nc1ccc2c(c1)CN(C(=O)c1ccc(OC)cc1)C(C(=O)N(C)C)C2. The Morgan fingerprint density at radius 1 is 1.10 bits per heavy atom. The third-order valence-electron chi connectivity index (χ3n) is 5.42. The highest BCUT2D eigenvalue weighted by atomic mass is 16.5. The van der Waals surface area contributed by atoms with Crippen LogP contribution in [0.1, 0.15) is 41.3 Å². The number of carbonyl (C=O) groups is 3. The number of nitrogens with zero attached hydrogens (tertiary/aromatic N) is 2. The van der Waals surface area contributed by atoms with Gasteiger partial charge in [0.2, 0.25) is 11.8 Å². The topological polar surface area (TPSA) is 79.0 Å². The predicted molar refractivity (Wildman–Crippen MR) is 119 cm³/mol. The maximum Gasteiger partial charge on any atom is 0.254 e. The smallest absolute Gasteiger partial charge is 0.254 e. The van der Waals surface area contributed by atoms with E-state index < -0.39 is 6.04 Å². The Morgan fingerprint density at radius 2 is 1.81 bits per heavy atom. The van der Waals surface area contributed by atoms with E-state index in [4.69, 9.17) is 4.74 Å². The zero-order chi connectivity index (χ0) is 22.5. The van der Waals surface area contributed by atoms with Crippen LogP contribution < -0.4 is 10.1 Å². The number of benzene rings is 2. The molecule has 164 valence electrons. The monoisotopic (exact) mass is 423 g/mol. The van der Waals surface area contributed by atoms with Gasteiger partial charge in [0.15, 0.2) is 0 Å². The van der Waals surface area contributed by atoms with Crippen molar-refractivity contribution in [3.63, 3.8) is 0 Å². The van der Waals surface area contributed by atoms with Crippen molar-refractivity contribution in [1.29, 1.82) is 0 Å². The van der Waals surface area contributed by atoms with Crippen LogP contribution in [0.25, 0.3) is 0 Å². The first-order valence-corrected chi connectivity index (χ1v) is 10.4. The highest BCUT2D eigenvalue weighted by molar-refractivity contribution is 5.98. The summed E-state index contributed by atoms with van der Waals surface area (Å²) >= 11 is 0. The number of hydrogen-bond acceptors (Lipinski definition) is 4. The van der Waals surface area contributed by atoms with Gasteiger partial charge in [-0.15, -0.1) is 0 Å². The third kappa shape index (κ3) is 5.05. The molecular formula is C24H29N3O4. The van der Waals surface area contributed by atoms with Crippen LogP contribution in [0.3, 0.4) is 0 Å². The molecule has 7 nitrogen and oxygen atoms in total. The zero-order valence-corrected chi connectivity index (χ0v) is 18.5. The Hall–Kier alpha value is -3.35. The highest BCUT2D eigenvalue weighted by Gasteiger charge is 2.36. The van der Waals surface area contributed by atoms with Crippen molar-refractivity contribution in [3.8, 4) is 5.75 Å². The summed E-state index contributed by atoms with van der Waals surface area (Å²) in [6.45, 7) is 2.25. The summed E-state index contributed by atoms with van der Waals surface area (Å²) in [7, 11) is 4.96. The molecular weight excluding hydrogens is 394 g/mol. The second-order valence-electron chi connectivity index (χ2n) is 7.90. The van der Waals surface area contributed by atoms with E-state index in [-0.39, 0.29) is 17.7 Å². The number of hydrogen-bond donors (Lipinski definition) is 1. The summed E-state index contributed by atoms with van der Waals surface area (Å²) in [6, 6.07) is 12.0. The molecule has 0 aliphatic carbocycles. The van der Waals surface area contributed by atoms with Crippen LogP contribution in [0.5, 0.6) is 5.75 Å². The summed E-state index contributed by atoms with van der Waals surface area (Å²) < 4.78 is 5.17. The number of ether oxygens (including phenoxy) is 1. The van der Waals surface area contributed by atoms with Crippen LogP contribution in [-0.2, 0) is 22.6 Å². The predicted octanol–water partition coefficient (Wildman–Crippen LogP) is 3.09. The molecule has 3 rings (SSSR count). The second kappa shape index (κ2) is 9.64. The van der Waals surface area contributed by atoms with E-state index >= 15 is 0 Å². The molecule has 0 saturated heterocycles. The number of nitrogens with one attached hydrogen (secondary N) is 1. The van der Waals surface area contributed by atoms with Gasteiger partial charge in [-0.3, -0.25) is 14.4 Å². The lowest BCUT2D eigenvalue weighted by Crippen LogP contribution is -2.52. The fourth-order valence-corrected chi connectivity index (χ4v) is 3.74. The summed E-state index contributed by atoms with van der Waals surface area (Å²) in [5.41, 5.74) is 3.13. The zero-order valence-electron chi connectivity index (χ0n) is 18.5. The largest absolute Gasteiger partial charge is 0.497 e. The number of amides is 3. The molecule has 0 spiro atoms. The minimum atomic E-state index is -0.586. The summed E-state index contributed by atoms with van der Waals surface area (Å²) in [4.78, 5) is 41.3. The first kappa shape index (κ1) is 22.3.